The highest BCUT2D eigenvalue weighted by Gasteiger charge is 2.43. The van der Waals surface area contributed by atoms with Gasteiger partial charge in [0.25, 0.3) is 0 Å². The molecule has 2 amide bonds. The van der Waals surface area contributed by atoms with E-state index in [9.17, 15) is 9.59 Å². The summed E-state index contributed by atoms with van der Waals surface area (Å²) in [6.07, 6.45) is 1.04. The number of likely N-dealkylation sites (N-methyl/N-ethyl adjacent to an activating group) is 1. The number of aryl methyl sites for hydroxylation is 1. The SMILES string of the molecule is Cc1ccc(N2C(=O)CCC(C(=O)N3CCN(C)CC3)C2c2cccs2)cc1. The van der Waals surface area contributed by atoms with Gasteiger partial charge in [0, 0.05) is 43.2 Å². The number of hydrogen-bond acceptors (Lipinski definition) is 4. The van der Waals surface area contributed by atoms with E-state index in [0.29, 0.717) is 12.8 Å². The minimum Gasteiger partial charge on any atom is -0.340 e. The first-order valence-corrected chi connectivity index (χ1v) is 10.8. The second kappa shape index (κ2) is 8.05. The van der Waals surface area contributed by atoms with E-state index >= 15 is 0 Å². The highest BCUT2D eigenvalue weighted by molar-refractivity contribution is 7.10. The first-order chi connectivity index (χ1) is 13.5. The number of piperidine rings is 1. The van der Waals surface area contributed by atoms with Gasteiger partial charge in [0.15, 0.2) is 0 Å². The van der Waals surface area contributed by atoms with Gasteiger partial charge in [-0.25, -0.2) is 0 Å². The van der Waals surface area contributed by atoms with Crippen LogP contribution in [0.15, 0.2) is 41.8 Å². The predicted molar refractivity (Wildman–Crippen MR) is 113 cm³/mol. The van der Waals surface area contributed by atoms with Crippen LogP contribution in [0.25, 0.3) is 0 Å². The fourth-order valence-electron chi connectivity index (χ4n) is 4.21. The van der Waals surface area contributed by atoms with E-state index in [4.69, 9.17) is 0 Å². The Labute approximate surface area is 170 Å². The number of carbonyl (C=O) groups is 2. The summed E-state index contributed by atoms with van der Waals surface area (Å²) in [6, 6.07) is 11.9. The van der Waals surface area contributed by atoms with Crippen LogP contribution < -0.4 is 4.90 Å². The number of nitrogens with zero attached hydrogens (tertiary/aromatic N) is 3. The smallest absolute Gasteiger partial charge is 0.228 e. The monoisotopic (exact) mass is 397 g/mol. The molecule has 1 aromatic carbocycles. The van der Waals surface area contributed by atoms with Gasteiger partial charge in [-0.2, -0.15) is 0 Å². The molecule has 0 spiro atoms. The zero-order valence-electron chi connectivity index (χ0n) is 16.5. The summed E-state index contributed by atoms with van der Waals surface area (Å²) >= 11 is 1.63. The van der Waals surface area contributed by atoms with E-state index in [1.54, 1.807) is 11.3 Å². The molecule has 0 N–H and O–H groups in total. The molecule has 1 aromatic heterocycles. The standard InChI is InChI=1S/C22H27N3O2S/c1-16-5-7-17(8-6-16)25-20(26)10-9-18(21(25)19-4-3-15-28-19)22(27)24-13-11-23(2)12-14-24/h3-8,15,18,21H,9-14H2,1-2H3. The van der Waals surface area contributed by atoms with E-state index in [1.165, 1.54) is 0 Å². The Bertz CT molecular complexity index is 826. The Balaban J connectivity index is 1.68. The largest absolute Gasteiger partial charge is 0.340 e. The van der Waals surface area contributed by atoms with Crippen LogP contribution in [0.3, 0.4) is 0 Å². The van der Waals surface area contributed by atoms with Crippen LogP contribution in [0.4, 0.5) is 5.69 Å². The van der Waals surface area contributed by atoms with Crippen molar-refractivity contribution in [2.75, 3.05) is 38.1 Å². The molecule has 2 aromatic rings. The molecule has 4 rings (SSSR count). The highest BCUT2D eigenvalue weighted by atomic mass is 32.1. The Kier molecular flexibility index (Phi) is 5.51. The predicted octanol–water partition coefficient (Wildman–Crippen LogP) is 3.31. The minimum atomic E-state index is -0.226. The fraction of sp³-hybridized carbons (Fsp3) is 0.455. The molecular weight excluding hydrogens is 370 g/mol. The van der Waals surface area contributed by atoms with Gasteiger partial charge in [0.2, 0.25) is 11.8 Å². The molecule has 0 radical (unpaired) electrons. The summed E-state index contributed by atoms with van der Waals surface area (Å²) in [7, 11) is 2.09. The zero-order valence-corrected chi connectivity index (χ0v) is 17.3. The molecule has 5 nitrogen and oxygen atoms in total. The van der Waals surface area contributed by atoms with Gasteiger partial charge in [-0.3, -0.25) is 9.59 Å². The van der Waals surface area contributed by atoms with Crippen molar-refractivity contribution in [2.24, 2.45) is 5.92 Å². The number of thiophene rings is 1. The van der Waals surface area contributed by atoms with Crippen molar-refractivity contribution in [3.8, 4) is 0 Å². The van der Waals surface area contributed by atoms with Crippen molar-refractivity contribution >= 4 is 28.8 Å². The highest BCUT2D eigenvalue weighted by Crippen LogP contribution is 2.42. The molecule has 3 heterocycles. The molecule has 2 aliphatic rings. The average molecular weight is 398 g/mol. The Morgan fingerprint density at radius 3 is 2.43 bits per heavy atom. The summed E-state index contributed by atoms with van der Waals surface area (Å²) in [5.74, 6) is 0.0989. The molecular formula is C22H27N3O2S. The van der Waals surface area contributed by atoms with E-state index in [1.807, 2.05) is 52.4 Å². The van der Waals surface area contributed by atoms with E-state index in [-0.39, 0.29) is 23.8 Å². The Morgan fingerprint density at radius 2 is 1.79 bits per heavy atom. The molecule has 6 heteroatoms. The molecule has 2 aliphatic heterocycles. The van der Waals surface area contributed by atoms with Gasteiger partial charge in [-0.1, -0.05) is 23.8 Å². The Hall–Kier alpha value is -2.18. The van der Waals surface area contributed by atoms with Crippen molar-refractivity contribution in [3.63, 3.8) is 0 Å². The van der Waals surface area contributed by atoms with Gasteiger partial charge in [0.1, 0.15) is 0 Å². The molecule has 0 bridgehead atoms. The third-order valence-electron chi connectivity index (χ3n) is 5.88. The summed E-state index contributed by atoms with van der Waals surface area (Å²) in [4.78, 5) is 33.6. The third kappa shape index (κ3) is 3.71. The van der Waals surface area contributed by atoms with Crippen LogP contribution >= 0.6 is 11.3 Å². The molecule has 2 fully saturated rings. The maximum Gasteiger partial charge on any atom is 0.228 e. The number of hydrogen-bond donors (Lipinski definition) is 0. The van der Waals surface area contributed by atoms with Crippen LogP contribution in [0.2, 0.25) is 0 Å². The summed E-state index contributed by atoms with van der Waals surface area (Å²) in [5, 5.41) is 2.03. The van der Waals surface area contributed by atoms with Gasteiger partial charge < -0.3 is 14.7 Å². The first-order valence-electron chi connectivity index (χ1n) is 9.94. The van der Waals surface area contributed by atoms with Gasteiger partial charge >= 0.3 is 0 Å². The van der Waals surface area contributed by atoms with Crippen molar-refractivity contribution in [2.45, 2.75) is 25.8 Å². The van der Waals surface area contributed by atoms with Crippen molar-refractivity contribution in [3.05, 3.63) is 52.2 Å². The number of anilines is 1. The quantitative estimate of drug-likeness (QED) is 0.798. The molecule has 148 valence electrons. The molecule has 2 atom stereocenters. The topological polar surface area (TPSA) is 43.9 Å². The molecule has 28 heavy (non-hydrogen) atoms. The molecule has 2 saturated heterocycles. The Morgan fingerprint density at radius 1 is 1.07 bits per heavy atom. The third-order valence-corrected chi connectivity index (χ3v) is 6.82. The van der Waals surface area contributed by atoms with Crippen molar-refractivity contribution < 1.29 is 9.59 Å². The zero-order chi connectivity index (χ0) is 19.7. The van der Waals surface area contributed by atoms with Crippen LogP contribution in [-0.4, -0.2) is 54.8 Å². The van der Waals surface area contributed by atoms with E-state index in [2.05, 4.69) is 18.0 Å². The van der Waals surface area contributed by atoms with Crippen LogP contribution in [-0.2, 0) is 9.59 Å². The van der Waals surface area contributed by atoms with Gasteiger partial charge in [0.05, 0.1) is 12.0 Å². The lowest BCUT2D eigenvalue weighted by Gasteiger charge is -2.43. The van der Waals surface area contributed by atoms with Crippen LogP contribution in [0.1, 0.15) is 29.3 Å². The minimum absolute atomic E-state index is 0.102. The number of carbonyl (C=O) groups excluding carboxylic acids is 2. The number of rotatable bonds is 3. The second-order valence-corrected chi connectivity index (χ2v) is 8.81. The number of amides is 2. The van der Waals surface area contributed by atoms with Crippen LogP contribution in [0.5, 0.6) is 0 Å². The lowest BCUT2D eigenvalue weighted by molar-refractivity contribution is -0.139. The molecule has 0 saturated carbocycles. The van der Waals surface area contributed by atoms with Crippen molar-refractivity contribution in [1.29, 1.82) is 0 Å². The normalized spacial score (nSPS) is 23.9. The fourth-order valence-corrected chi connectivity index (χ4v) is 5.09. The lowest BCUT2D eigenvalue weighted by atomic mass is 9.85. The van der Waals surface area contributed by atoms with E-state index < -0.39 is 0 Å². The summed E-state index contributed by atoms with van der Waals surface area (Å²) < 4.78 is 0. The molecule has 2 unspecified atom stereocenters. The van der Waals surface area contributed by atoms with Crippen molar-refractivity contribution in [1.82, 2.24) is 9.80 Å². The van der Waals surface area contributed by atoms with Crippen LogP contribution in [0, 0.1) is 12.8 Å². The number of piperazine rings is 1. The van der Waals surface area contributed by atoms with Gasteiger partial charge in [-0.15, -0.1) is 11.3 Å². The first kappa shape index (κ1) is 19.2. The van der Waals surface area contributed by atoms with Gasteiger partial charge in [-0.05, 0) is 44.0 Å². The van der Waals surface area contributed by atoms with E-state index in [0.717, 1.165) is 42.3 Å². The average Bonchev–Trinajstić information content (AvgIpc) is 3.23. The number of benzene rings is 1. The maximum atomic E-state index is 13.5. The summed E-state index contributed by atoms with van der Waals surface area (Å²) in [5.41, 5.74) is 2.04. The second-order valence-electron chi connectivity index (χ2n) is 7.83. The lowest BCUT2D eigenvalue weighted by Crippen LogP contribution is -2.53. The molecule has 0 aliphatic carbocycles. The summed E-state index contributed by atoms with van der Waals surface area (Å²) in [6.45, 7) is 5.38. The maximum absolute atomic E-state index is 13.5.